The molecular formula is C30H20F12OPS. The number of alkyl halides is 12. The summed E-state index contributed by atoms with van der Waals surface area (Å²) in [5, 5.41) is -2.04. The van der Waals surface area contributed by atoms with Gasteiger partial charge in [-0.3, -0.25) is 0 Å². The van der Waals surface area contributed by atoms with E-state index in [0.717, 1.165) is 0 Å². The predicted molar refractivity (Wildman–Crippen MR) is 147 cm³/mol. The minimum absolute atomic E-state index is 0.00147. The van der Waals surface area contributed by atoms with Crippen molar-refractivity contribution in [3.8, 4) is 5.75 Å². The number of hydrogen-bond acceptors (Lipinski definition) is 2. The first-order valence-electron chi connectivity index (χ1n) is 12.6. The summed E-state index contributed by atoms with van der Waals surface area (Å²) in [6, 6.07) is 7.67. The fraction of sp³-hybridized carbons (Fsp3) is 0.233. The number of methoxy groups -OCH3 is 1. The van der Waals surface area contributed by atoms with Crippen molar-refractivity contribution in [2.24, 2.45) is 0 Å². The topological polar surface area (TPSA) is 9.23 Å². The highest BCUT2D eigenvalue weighted by Gasteiger charge is 2.45. The van der Waals surface area contributed by atoms with Crippen molar-refractivity contribution in [3.05, 3.63) is 114 Å². The molecule has 0 N–H and O–H groups in total. The minimum atomic E-state index is -5.31. The van der Waals surface area contributed by atoms with Crippen LogP contribution in [0, 0.1) is 30.8 Å². The van der Waals surface area contributed by atoms with E-state index in [1.165, 1.54) is 38.1 Å². The van der Waals surface area contributed by atoms with Gasteiger partial charge in [-0.15, -0.1) is 11.8 Å². The minimum Gasteiger partial charge on any atom is -0.497 e. The average molecular weight is 688 g/mol. The fourth-order valence-electron chi connectivity index (χ4n) is 4.46. The Labute approximate surface area is 256 Å². The Morgan fingerprint density at radius 1 is 0.600 bits per heavy atom. The van der Waals surface area contributed by atoms with E-state index >= 15 is 0 Å². The first kappa shape index (κ1) is 35.3. The molecule has 3 aromatic carbocycles. The molecule has 0 heterocycles. The van der Waals surface area contributed by atoms with Gasteiger partial charge in [0.05, 0.1) is 29.4 Å². The molecule has 5 radical (unpaired) electrons. The average Bonchev–Trinajstić information content (AvgIpc) is 3.41. The zero-order chi connectivity index (χ0) is 33.5. The van der Waals surface area contributed by atoms with E-state index in [1.807, 2.05) is 0 Å². The van der Waals surface area contributed by atoms with Crippen molar-refractivity contribution >= 4 is 30.3 Å². The molecule has 0 aliphatic heterocycles. The van der Waals surface area contributed by atoms with E-state index < -0.39 is 70.7 Å². The van der Waals surface area contributed by atoms with Gasteiger partial charge in [-0.05, 0) is 98.5 Å². The van der Waals surface area contributed by atoms with Gasteiger partial charge in [0.15, 0.2) is 0 Å². The van der Waals surface area contributed by atoms with E-state index in [4.69, 9.17) is 4.74 Å². The SMILES string of the molecule is COc1ccc(S[C@@H](C)[C]2[CH][CH][CH][C]2P(c2cc(C(F)(F)F)cc(C(F)(F)F)c2)c2cc(C(F)(F)F)cc(C(F)(F)F)c2)cc1. The molecule has 1 aliphatic rings. The van der Waals surface area contributed by atoms with Crippen LogP contribution in [0.1, 0.15) is 29.2 Å². The molecule has 0 bridgehead atoms. The van der Waals surface area contributed by atoms with Crippen LogP contribution in [0.25, 0.3) is 0 Å². The summed E-state index contributed by atoms with van der Waals surface area (Å²) in [6.07, 6.45) is -17.1. The number of hydrogen-bond donors (Lipinski definition) is 0. The molecule has 0 spiro atoms. The molecule has 0 aromatic heterocycles. The summed E-state index contributed by atoms with van der Waals surface area (Å²) >= 11 is 1.21. The molecule has 1 nitrogen and oxygen atoms in total. The lowest BCUT2D eigenvalue weighted by Gasteiger charge is -2.33. The van der Waals surface area contributed by atoms with Crippen molar-refractivity contribution < 1.29 is 57.4 Å². The summed E-state index contributed by atoms with van der Waals surface area (Å²) in [5.41, 5.74) is -7.01. The van der Waals surface area contributed by atoms with E-state index in [0.29, 0.717) is 40.8 Å². The molecular weight excluding hydrogens is 667 g/mol. The summed E-state index contributed by atoms with van der Waals surface area (Å²) in [5.74, 6) is 0.832. The van der Waals surface area contributed by atoms with E-state index in [9.17, 15) is 52.7 Å². The zero-order valence-electron chi connectivity index (χ0n) is 22.9. The first-order valence-corrected chi connectivity index (χ1v) is 14.9. The second-order valence-corrected chi connectivity index (χ2v) is 13.3. The largest absolute Gasteiger partial charge is 0.497 e. The molecule has 45 heavy (non-hydrogen) atoms. The number of benzene rings is 3. The number of halogens is 12. The zero-order valence-corrected chi connectivity index (χ0v) is 24.6. The molecule has 241 valence electrons. The summed E-state index contributed by atoms with van der Waals surface area (Å²) in [6.45, 7) is 1.64. The van der Waals surface area contributed by atoms with Gasteiger partial charge in [-0.2, -0.15) is 52.7 Å². The third-order valence-electron chi connectivity index (χ3n) is 6.54. The smallest absolute Gasteiger partial charge is 0.416 e. The molecule has 0 amide bonds. The first-order chi connectivity index (χ1) is 20.7. The number of thioether (sulfide) groups is 1. The lowest BCUT2D eigenvalue weighted by Crippen LogP contribution is -2.27. The van der Waals surface area contributed by atoms with Crippen molar-refractivity contribution in [2.75, 3.05) is 7.11 Å². The molecule has 1 saturated carbocycles. The standard InChI is InChI=1S/C30H20F12OPS/c1-16(45-24-8-6-21(43-2)7-9-24)25-4-3-5-26(25)44(22-12-17(27(31,32)33)10-18(13-22)28(34,35)36)23-14-19(29(37,38)39)11-20(15-23)30(40,41)42/h3-16H,1-2H3/t16-/m0/s1. The van der Waals surface area contributed by atoms with Crippen LogP contribution < -0.4 is 15.3 Å². The van der Waals surface area contributed by atoms with Gasteiger partial charge >= 0.3 is 24.7 Å². The molecule has 15 heteroatoms. The van der Waals surface area contributed by atoms with Crippen LogP contribution in [0.4, 0.5) is 52.7 Å². The van der Waals surface area contributed by atoms with E-state index in [2.05, 4.69) is 0 Å². The van der Waals surface area contributed by atoms with Crippen LogP contribution in [0.3, 0.4) is 0 Å². The van der Waals surface area contributed by atoms with Crippen molar-refractivity contribution in [3.63, 3.8) is 0 Å². The Kier molecular flexibility index (Phi) is 10.1. The van der Waals surface area contributed by atoms with Gasteiger partial charge < -0.3 is 4.74 Å². The quantitative estimate of drug-likeness (QED) is 0.139. The summed E-state index contributed by atoms with van der Waals surface area (Å²) in [4.78, 5) is 0.664. The van der Waals surface area contributed by atoms with Gasteiger partial charge in [0.2, 0.25) is 0 Å². The van der Waals surface area contributed by atoms with Crippen LogP contribution in [0.5, 0.6) is 5.75 Å². The lowest BCUT2D eigenvalue weighted by molar-refractivity contribution is -0.144. The van der Waals surface area contributed by atoms with Crippen LogP contribution in [0.15, 0.2) is 65.6 Å². The summed E-state index contributed by atoms with van der Waals surface area (Å²) in [7, 11) is -1.39. The van der Waals surface area contributed by atoms with Crippen molar-refractivity contribution in [1.82, 2.24) is 0 Å². The Morgan fingerprint density at radius 2 is 1.00 bits per heavy atom. The normalized spacial score (nSPS) is 16.4. The van der Waals surface area contributed by atoms with Crippen LogP contribution in [0.2, 0.25) is 0 Å². The Bertz CT molecular complexity index is 1340. The fourth-order valence-corrected chi connectivity index (χ4v) is 8.27. The maximum atomic E-state index is 13.8. The Morgan fingerprint density at radius 3 is 1.36 bits per heavy atom. The van der Waals surface area contributed by atoms with Gasteiger partial charge in [0.1, 0.15) is 5.75 Å². The molecule has 1 fully saturated rings. The highest BCUT2D eigenvalue weighted by Crippen LogP contribution is 2.59. The Hall–Kier alpha value is -2.60. The van der Waals surface area contributed by atoms with Gasteiger partial charge in [-0.1, -0.05) is 6.92 Å². The van der Waals surface area contributed by atoms with Gasteiger partial charge in [0.25, 0.3) is 0 Å². The van der Waals surface area contributed by atoms with Crippen LogP contribution in [-0.4, -0.2) is 12.4 Å². The highest BCUT2D eigenvalue weighted by molar-refractivity contribution is 8.00. The predicted octanol–water partition coefficient (Wildman–Crippen LogP) is 10.1. The summed E-state index contributed by atoms with van der Waals surface area (Å²) < 4.78 is 171. The molecule has 0 unspecified atom stereocenters. The molecule has 1 aliphatic carbocycles. The third kappa shape index (κ3) is 8.41. The van der Waals surface area contributed by atoms with E-state index in [-0.39, 0.29) is 17.8 Å². The van der Waals surface area contributed by atoms with E-state index in [1.54, 1.807) is 31.2 Å². The van der Waals surface area contributed by atoms with Gasteiger partial charge in [-0.25, -0.2) is 0 Å². The van der Waals surface area contributed by atoms with Gasteiger partial charge in [0, 0.05) is 21.7 Å². The second kappa shape index (κ2) is 12.9. The number of ether oxygens (including phenoxy) is 1. The van der Waals surface area contributed by atoms with Crippen molar-refractivity contribution in [1.29, 1.82) is 0 Å². The maximum absolute atomic E-state index is 13.8. The second-order valence-electron chi connectivity index (χ2n) is 9.67. The van der Waals surface area contributed by atoms with Crippen molar-refractivity contribution in [2.45, 2.75) is 41.8 Å². The number of rotatable bonds is 7. The maximum Gasteiger partial charge on any atom is 0.416 e. The molecule has 0 saturated heterocycles. The third-order valence-corrected chi connectivity index (χ3v) is 10.1. The molecule has 4 rings (SSSR count). The molecule has 3 aromatic rings. The Balaban J connectivity index is 1.93. The van der Waals surface area contributed by atoms with Crippen LogP contribution in [-0.2, 0) is 24.7 Å². The molecule has 1 atom stereocenters. The van der Waals surface area contributed by atoms with Crippen LogP contribution >= 0.6 is 19.7 Å². The lowest BCUT2D eigenvalue weighted by atomic mass is 10.0. The highest BCUT2D eigenvalue weighted by atomic mass is 32.2. The monoisotopic (exact) mass is 687 g/mol.